The fourth-order valence-electron chi connectivity index (χ4n) is 3.11. The summed E-state index contributed by atoms with van der Waals surface area (Å²) >= 11 is 0. The molecule has 2 amide bonds. The zero-order valence-corrected chi connectivity index (χ0v) is 13.6. The summed E-state index contributed by atoms with van der Waals surface area (Å²) in [6, 6.07) is 7.84. The number of hydrogen-bond acceptors (Lipinski definition) is 3. The van der Waals surface area contributed by atoms with E-state index in [2.05, 4.69) is 26.5 Å². The van der Waals surface area contributed by atoms with Crippen molar-refractivity contribution in [3.8, 4) is 0 Å². The van der Waals surface area contributed by atoms with Gasteiger partial charge in [-0.3, -0.25) is 4.68 Å². The number of urea groups is 1. The average Bonchev–Trinajstić information content (AvgIpc) is 3.13. The van der Waals surface area contributed by atoms with Gasteiger partial charge in [0, 0.05) is 36.6 Å². The number of aryl methyl sites for hydroxylation is 1. The molecule has 0 bridgehead atoms. The number of aromatic nitrogens is 2. The SMILES string of the molecule is O=C(NCCCn1nccc1C1CC1)Nc1ccc2c(c1)COC2. The van der Waals surface area contributed by atoms with E-state index in [0.29, 0.717) is 25.7 Å². The summed E-state index contributed by atoms with van der Waals surface area (Å²) in [6.07, 6.45) is 5.29. The summed E-state index contributed by atoms with van der Waals surface area (Å²) in [5.41, 5.74) is 4.49. The number of carbonyl (C=O) groups is 1. The zero-order chi connectivity index (χ0) is 16.4. The van der Waals surface area contributed by atoms with Gasteiger partial charge >= 0.3 is 6.03 Å². The first-order valence-corrected chi connectivity index (χ1v) is 8.56. The average molecular weight is 326 g/mol. The van der Waals surface area contributed by atoms with Gasteiger partial charge in [0.2, 0.25) is 0 Å². The Morgan fingerprint density at radius 3 is 3.00 bits per heavy atom. The highest BCUT2D eigenvalue weighted by atomic mass is 16.5. The third kappa shape index (κ3) is 3.43. The number of nitrogens with one attached hydrogen (secondary N) is 2. The van der Waals surface area contributed by atoms with E-state index in [1.54, 1.807) is 0 Å². The lowest BCUT2D eigenvalue weighted by atomic mass is 10.1. The van der Waals surface area contributed by atoms with Gasteiger partial charge in [0.1, 0.15) is 0 Å². The maximum atomic E-state index is 12.0. The fraction of sp³-hybridized carbons (Fsp3) is 0.444. The van der Waals surface area contributed by atoms with Crippen LogP contribution in [-0.2, 0) is 24.5 Å². The van der Waals surface area contributed by atoms with E-state index < -0.39 is 0 Å². The maximum absolute atomic E-state index is 12.0. The zero-order valence-electron chi connectivity index (χ0n) is 13.6. The molecule has 1 aliphatic carbocycles. The molecule has 0 spiro atoms. The highest BCUT2D eigenvalue weighted by Crippen LogP contribution is 2.39. The largest absolute Gasteiger partial charge is 0.372 e. The van der Waals surface area contributed by atoms with Gasteiger partial charge in [0.15, 0.2) is 0 Å². The summed E-state index contributed by atoms with van der Waals surface area (Å²) < 4.78 is 7.45. The molecular formula is C18H22N4O2. The van der Waals surface area contributed by atoms with Gasteiger partial charge in [-0.2, -0.15) is 5.10 Å². The van der Waals surface area contributed by atoms with Crippen LogP contribution in [0.2, 0.25) is 0 Å². The van der Waals surface area contributed by atoms with Crippen LogP contribution in [0.5, 0.6) is 0 Å². The number of rotatable bonds is 6. The Bertz CT molecular complexity index is 736. The van der Waals surface area contributed by atoms with Gasteiger partial charge < -0.3 is 15.4 Å². The van der Waals surface area contributed by atoms with Crippen LogP contribution in [-0.4, -0.2) is 22.4 Å². The lowest BCUT2D eigenvalue weighted by Gasteiger charge is -2.10. The molecule has 2 aliphatic rings. The molecule has 1 aromatic carbocycles. The van der Waals surface area contributed by atoms with Crippen molar-refractivity contribution >= 4 is 11.7 Å². The van der Waals surface area contributed by atoms with E-state index in [1.807, 2.05) is 24.4 Å². The number of ether oxygens (including phenoxy) is 1. The highest BCUT2D eigenvalue weighted by molar-refractivity contribution is 5.89. The molecule has 126 valence electrons. The van der Waals surface area contributed by atoms with Gasteiger partial charge in [0.05, 0.1) is 13.2 Å². The molecule has 2 aromatic rings. The Labute approximate surface area is 141 Å². The van der Waals surface area contributed by atoms with Crippen LogP contribution >= 0.6 is 0 Å². The maximum Gasteiger partial charge on any atom is 0.319 e. The quantitative estimate of drug-likeness (QED) is 0.802. The Morgan fingerprint density at radius 1 is 1.25 bits per heavy atom. The van der Waals surface area contributed by atoms with Crippen LogP contribution in [0.25, 0.3) is 0 Å². The predicted octanol–water partition coefficient (Wildman–Crippen LogP) is 3.00. The van der Waals surface area contributed by atoms with Crippen LogP contribution in [0.3, 0.4) is 0 Å². The van der Waals surface area contributed by atoms with E-state index in [4.69, 9.17) is 4.74 Å². The molecule has 24 heavy (non-hydrogen) atoms. The first-order chi connectivity index (χ1) is 11.8. The lowest BCUT2D eigenvalue weighted by molar-refractivity contribution is 0.134. The molecule has 1 aliphatic heterocycles. The van der Waals surface area contributed by atoms with E-state index in [0.717, 1.165) is 24.2 Å². The van der Waals surface area contributed by atoms with Crippen molar-refractivity contribution in [2.75, 3.05) is 11.9 Å². The van der Waals surface area contributed by atoms with Crippen LogP contribution in [0.4, 0.5) is 10.5 Å². The second kappa shape index (κ2) is 6.65. The molecular weight excluding hydrogens is 304 g/mol. The highest BCUT2D eigenvalue weighted by Gasteiger charge is 2.26. The number of amides is 2. The number of benzene rings is 1. The van der Waals surface area contributed by atoms with E-state index in [9.17, 15) is 4.79 Å². The van der Waals surface area contributed by atoms with E-state index in [-0.39, 0.29) is 6.03 Å². The lowest BCUT2D eigenvalue weighted by Crippen LogP contribution is -2.30. The molecule has 6 nitrogen and oxygen atoms in total. The monoisotopic (exact) mass is 326 g/mol. The van der Waals surface area contributed by atoms with Crippen LogP contribution in [0.1, 0.15) is 42.0 Å². The number of carbonyl (C=O) groups excluding carboxylic acids is 1. The minimum atomic E-state index is -0.170. The summed E-state index contributed by atoms with van der Waals surface area (Å²) in [5, 5.41) is 10.2. The first-order valence-electron chi connectivity index (χ1n) is 8.56. The second-order valence-corrected chi connectivity index (χ2v) is 6.46. The number of nitrogens with zero attached hydrogens (tertiary/aromatic N) is 2. The number of fused-ring (bicyclic) bond motifs is 1. The minimum absolute atomic E-state index is 0.170. The van der Waals surface area contributed by atoms with Crippen molar-refractivity contribution in [1.82, 2.24) is 15.1 Å². The Hall–Kier alpha value is -2.34. The van der Waals surface area contributed by atoms with Crippen molar-refractivity contribution in [1.29, 1.82) is 0 Å². The van der Waals surface area contributed by atoms with Crippen LogP contribution in [0, 0.1) is 0 Å². The van der Waals surface area contributed by atoms with Crippen molar-refractivity contribution in [3.63, 3.8) is 0 Å². The van der Waals surface area contributed by atoms with Crippen LogP contribution in [0.15, 0.2) is 30.5 Å². The molecule has 1 aromatic heterocycles. The smallest absolute Gasteiger partial charge is 0.319 e. The third-order valence-electron chi connectivity index (χ3n) is 4.56. The van der Waals surface area contributed by atoms with Crippen molar-refractivity contribution in [2.45, 2.75) is 44.9 Å². The minimum Gasteiger partial charge on any atom is -0.372 e. The summed E-state index contributed by atoms with van der Waals surface area (Å²) in [6.45, 7) is 2.76. The number of hydrogen-bond donors (Lipinski definition) is 2. The Kier molecular flexibility index (Phi) is 4.21. The summed E-state index contributed by atoms with van der Waals surface area (Å²) in [4.78, 5) is 12.0. The molecule has 0 atom stereocenters. The molecule has 1 saturated carbocycles. The van der Waals surface area contributed by atoms with Gasteiger partial charge in [-0.15, -0.1) is 0 Å². The van der Waals surface area contributed by atoms with Crippen molar-refractivity contribution < 1.29 is 9.53 Å². The summed E-state index contributed by atoms with van der Waals surface area (Å²) in [5.74, 6) is 0.701. The normalized spacial score (nSPS) is 16.0. The summed E-state index contributed by atoms with van der Waals surface area (Å²) in [7, 11) is 0. The number of anilines is 1. The van der Waals surface area contributed by atoms with E-state index in [1.165, 1.54) is 24.1 Å². The molecule has 0 radical (unpaired) electrons. The molecule has 1 fully saturated rings. The topological polar surface area (TPSA) is 68.2 Å². The van der Waals surface area contributed by atoms with Gasteiger partial charge in [-0.05, 0) is 48.6 Å². The van der Waals surface area contributed by atoms with Gasteiger partial charge in [-0.25, -0.2) is 4.79 Å². The first kappa shape index (κ1) is 15.2. The second-order valence-electron chi connectivity index (χ2n) is 6.46. The molecule has 2 N–H and O–H groups in total. The third-order valence-corrected chi connectivity index (χ3v) is 4.56. The molecule has 0 unspecified atom stereocenters. The predicted molar refractivity (Wildman–Crippen MR) is 90.8 cm³/mol. The molecule has 0 saturated heterocycles. The van der Waals surface area contributed by atoms with Gasteiger partial charge in [0.25, 0.3) is 0 Å². The molecule has 4 rings (SSSR count). The standard InChI is InChI=1S/C18H22N4O2/c23-18(21-16-5-4-14-11-24-12-15(14)10-16)19-7-1-9-22-17(6-8-20-22)13-2-3-13/h4-6,8,10,13H,1-3,7,9,11-12H2,(H2,19,21,23). The fourth-order valence-corrected chi connectivity index (χ4v) is 3.11. The van der Waals surface area contributed by atoms with Gasteiger partial charge in [-0.1, -0.05) is 6.07 Å². The van der Waals surface area contributed by atoms with E-state index >= 15 is 0 Å². The Balaban J connectivity index is 1.21. The van der Waals surface area contributed by atoms with Crippen molar-refractivity contribution in [3.05, 3.63) is 47.3 Å². The van der Waals surface area contributed by atoms with Crippen LogP contribution < -0.4 is 10.6 Å². The molecule has 2 heterocycles. The molecule has 6 heteroatoms. The Morgan fingerprint density at radius 2 is 2.12 bits per heavy atom. The van der Waals surface area contributed by atoms with Crippen molar-refractivity contribution in [2.24, 2.45) is 0 Å².